The maximum absolute atomic E-state index is 12.6. The number of hydrogen-bond donors (Lipinski definition) is 1. The lowest BCUT2D eigenvalue weighted by atomic mass is 10.0. The van der Waals surface area contributed by atoms with Crippen LogP contribution in [0.3, 0.4) is 0 Å². The quantitative estimate of drug-likeness (QED) is 0.838. The Morgan fingerprint density at radius 1 is 1.30 bits per heavy atom. The van der Waals surface area contributed by atoms with Gasteiger partial charge in [0.2, 0.25) is 10.0 Å². The van der Waals surface area contributed by atoms with Gasteiger partial charge in [-0.15, -0.1) is 0 Å². The van der Waals surface area contributed by atoms with Crippen LogP contribution >= 0.6 is 0 Å². The van der Waals surface area contributed by atoms with Crippen molar-refractivity contribution in [3.63, 3.8) is 0 Å². The number of piperidine rings is 1. The number of amides is 1. The molecular weight excluding hydrogens is 280 g/mol. The van der Waals surface area contributed by atoms with Crippen LogP contribution in [0.5, 0.6) is 0 Å². The first-order valence-electron chi connectivity index (χ1n) is 6.47. The summed E-state index contributed by atoms with van der Waals surface area (Å²) in [6, 6.07) is 7.45. The highest BCUT2D eigenvalue weighted by Crippen LogP contribution is 2.25. The van der Waals surface area contributed by atoms with Crippen LogP contribution in [0.2, 0.25) is 0 Å². The summed E-state index contributed by atoms with van der Waals surface area (Å²) in [7, 11) is -2.33. The zero-order valence-corrected chi connectivity index (χ0v) is 12.1. The molecule has 110 valence electrons. The molecule has 1 aliphatic rings. The molecule has 0 aliphatic carbocycles. The number of nitrogens with zero attached hydrogens (tertiary/aromatic N) is 1. The average molecular weight is 298 g/mol. The average Bonchev–Trinajstić information content (AvgIpc) is 2.48. The molecule has 20 heavy (non-hydrogen) atoms. The Morgan fingerprint density at radius 3 is 2.65 bits per heavy atom. The Labute approximate surface area is 118 Å². The van der Waals surface area contributed by atoms with E-state index in [1.54, 1.807) is 18.2 Å². The summed E-state index contributed by atoms with van der Waals surface area (Å²) >= 11 is 0. The van der Waals surface area contributed by atoms with Gasteiger partial charge in [0.25, 0.3) is 5.91 Å². The molecule has 7 heteroatoms. The molecule has 1 aromatic rings. The van der Waals surface area contributed by atoms with Crippen LogP contribution in [-0.4, -0.2) is 38.3 Å². The molecule has 1 atom stereocenters. The molecule has 1 heterocycles. The first-order valence-corrected chi connectivity index (χ1v) is 7.91. The van der Waals surface area contributed by atoms with Gasteiger partial charge in [-0.2, -0.15) is 4.31 Å². The fourth-order valence-corrected chi connectivity index (χ4v) is 4.03. The normalized spacial score (nSPS) is 20.6. The van der Waals surface area contributed by atoms with Crippen molar-refractivity contribution >= 4 is 15.9 Å². The lowest BCUT2D eigenvalue weighted by Crippen LogP contribution is -2.51. The molecule has 1 unspecified atom stereocenters. The molecule has 0 bridgehead atoms. The van der Waals surface area contributed by atoms with Gasteiger partial charge in [-0.3, -0.25) is 9.63 Å². The van der Waals surface area contributed by atoms with Gasteiger partial charge in [0.1, 0.15) is 6.04 Å². The van der Waals surface area contributed by atoms with E-state index < -0.39 is 22.0 Å². The maximum atomic E-state index is 12.6. The predicted molar refractivity (Wildman–Crippen MR) is 73.1 cm³/mol. The van der Waals surface area contributed by atoms with Gasteiger partial charge in [0.05, 0.1) is 12.0 Å². The summed E-state index contributed by atoms with van der Waals surface area (Å²) in [4.78, 5) is 16.8. The summed E-state index contributed by atoms with van der Waals surface area (Å²) in [6.45, 7) is 0.346. The number of nitrogens with one attached hydrogen (secondary N) is 1. The second kappa shape index (κ2) is 6.34. The van der Waals surface area contributed by atoms with Crippen LogP contribution in [0.25, 0.3) is 0 Å². The van der Waals surface area contributed by atoms with E-state index in [1.165, 1.54) is 23.5 Å². The highest BCUT2D eigenvalue weighted by molar-refractivity contribution is 7.89. The number of carbonyl (C=O) groups is 1. The van der Waals surface area contributed by atoms with E-state index in [1.807, 2.05) is 0 Å². The highest BCUT2D eigenvalue weighted by Gasteiger charge is 2.37. The van der Waals surface area contributed by atoms with E-state index in [2.05, 4.69) is 10.3 Å². The second-order valence-corrected chi connectivity index (χ2v) is 6.50. The lowest BCUT2D eigenvalue weighted by molar-refractivity contribution is -0.136. The lowest BCUT2D eigenvalue weighted by Gasteiger charge is -2.33. The molecule has 1 fully saturated rings. The zero-order valence-electron chi connectivity index (χ0n) is 11.3. The third-order valence-corrected chi connectivity index (χ3v) is 5.23. The van der Waals surface area contributed by atoms with Crippen LogP contribution in [0, 0.1) is 0 Å². The second-order valence-electron chi connectivity index (χ2n) is 4.61. The van der Waals surface area contributed by atoms with Crippen molar-refractivity contribution in [2.24, 2.45) is 0 Å². The third kappa shape index (κ3) is 3.00. The standard InChI is InChI=1S/C13H18N2O4S/c1-19-14-13(16)12-9-5-6-10-15(12)20(17,18)11-7-3-2-4-8-11/h2-4,7-8,12H,5-6,9-10H2,1H3,(H,14,16). The topological polar surface area (TPSA) is 75.7 Å². The van der Waals surface area contributed by atoms with E-state index in [-0.39, 0.29) is 4.90 Å². The minimum atomic E-state index is -3.66. The van der Waals surface area contributed by atoms with E-state index >= 15 is 0 Å². The summed E-state index contributed by atoms with van der Waals surface area (Å²) in [5.41, 5.74) is 2.22. The summed E-state index contributed by atoms with van der Waals surface area (Å²) in [6.07, 6.45) is 2.08. The molecule has 1 aromatic carbocycles. The van der Waals surface area contributed by atoms with Crippen molar-refractivity contribution < 1.29 is 18.0 Å². The predicted octanol–water partition coefficient (Wildman–Crippen LogP) is 0.907. The van der Waals surface area contributed by atoms with Gasteiger partial charge < -0.3 is 0 Å². The minimum Gasteiger partial charge on any atom is -0.277 e. The number of sulfonamides is 1. The number of carbonyl (C=O) groups excluding carboxylic acids is 1. The Bertz CT molecular complexity index is 559. The number of rotatable bonds is 4. The Hall–Kier alpha value is -1.44. The van der Waals surface area contributed by atoms with Crippen LogP contribution in [-0.2, 0) is 19.7 Å². The zero-order chi connectivity index (χ0) is 14.6. The van der Waals surface area contributed by atoms with Crippen LogP contribution < -0.4 is 5.48 Å². The Balaban J connectivity index is 2.30. The van der Waals surface area contributed by atoms with Crippen molar-refractivity contribution in [2.75, 3.05) is 13.7 Å². The molecule has 1 N–H and O–H groups in total. The number of benzene rings is 1. The number of hydrogen-bond acceptors (Lipinski definition) is 4. The third-order valence-electron chi connectivity index (χ3n) is 3.31. The largest absolute Gasteiger partial charge is 0.277 e. The maximum Gasteiger partial charge on any atom is 0.261 e. The van der Waals surface area contributed by atoms with E-state index in [0.29, 0.717) is 13.0 Å². The molecule has 0 aromatic heterocycles. The smallest absolute Gasteiger partial charge is 0.261 e. The van der Waals surface area contributed by atoms with Crippen molar-refractivity contribution in [3.8, 4) is 0 Å². The van der Waals surface area contributed by atoms with E-state index in [0.717, 1.165) is 12.8 Å². The molecular formula is C13H18N2O4S. The number of hydroxylamine groups is 1. The highest BCUT2D eigenvalue weighted by atomic mass is 32.2. The van der Waals surface area contributed by atoms with Crippen molar-refractivity contribution in [2.45, 2.75) is 30.2 Å². The molecule has 1 aliphatic heterocycles. The van der Waals surface area contributed by atoms with Crippen LogP contribution in [0.1, 0.15) is 19.3 Å². The van der Waals surface area contributed by atoms with Gasteiger partial charge in [0, 0.05) is 6.54 Å². The summed E-state index contributed by atoms with van der Waals surface area (Å²) in [5, 5.41) is 0. The SMILES string of the molecule is CONC(=O)C1CCCCN1S(=O)(=O)c1ccccc1. The molecule has 0 radical (unpaired) electrons. The van der Waals surface area contributed by atoms with Crippen molar-refractivity contribution in [1.82, 2.24) is 9.79 Å². The van der Waals surface area contributed by atoms with Gasteiger partial charge in [-0.05, 0) is 25.0 Å². The monoisotopic (exact) mass is 298 g/mol. The molecule has 1 saturated heterocycles. The minimum absolute atomic E-state index is 0.206. The van der Waals surface area contributed by atoms with Gasteiger partial charge in [-0.25, -0.2) is 13.9 Å². The summed E-state index contributed by atoms with van der Waals surface area (Å²) < 4.78 is 26.5. The van der Waals surface area contributed by atoms with Gasteiger partial charge >= 0.3 is 0 Å². The first-order chi connectivity index (χ1) is 9.57. The first kappa shape index (κ1) is 15.0. The molecule has 1 amide bonds. The Kier molecular flexibility index (Phi) is 4.74. The van der Waals surface area contributed by atoms with Crippen LogP contribution in [0.4, 0.5) is 0 Å². The van der Waals surface area contributed by atoms with Gasteiger partial charge in [0.15, 0.2) is 0 Å². The van der Waals surface area contributed by atoms with Crippen molar-refractivity contribution in [1.29, 1.82) is 0 Å². The Morgan fingerprint density at radius 2 is 2.00 bits per heavy atom. The van der Waals surface area contributed by atoms with Crippen LogP contribution in [0.15, 0.2) is 35.2 Å². The van der Waals surface area contributed by atoms with Crippen molar-refractivity contribution in [3.05, 3.63) is 30.3 Å². The summed E-state index contributed by atoms with van der Waals surface area (Å²) in [5.74, 6) is -0.424. The fraction of sp³-hybridized carbons (Fsp3) is 0.462. The molecule has 0 spiro atoms. The van der Waals surface area contributed by atoms with E-state index in [4.69, 9.17) is 0 Å². The van der Waals surface area contributed by atoms with Gasteiger partial charge in [-0.1, -0.05) is 24.6 Å². The van der Waals surface area contributed by atoms with E-state index in [9.17, 15) is 13.2 Å². The molecule has 0 saturated carbocycles. The molecule has 2 rings (SSSR count). The fourth-order valence-electron chi connectivity index (χ4n) is 2.35. The molecule has 6 nitrogen and oxygen atoms in total.